The molecule has 0 unspecified atom stereocenters. The number of carbonyl (C=O) groups is 1. The van der Waals surface area contributed by atoms with E-state index >= 15 is 0 Å². The average molecular weight is 223 g/mol. The second-order valence-corrected chi connectivity index (χ2v) is 4.27. The van der Waals surface area contributed by atoms with E-state index < -0.39 is 0 Å². The summed E-state index contributed by atoms with van der Waals surface area (Å²) in [5.74, 6) is 0.0756. The third kappa shape index (κ3) is 2.91. The van der Waals surface area contributed by atoms with Gasteiger partial charge in [-0.1, -0.05) is 6.07 Å². The second-order valence-electron chi connectivity index (χ2n) is 3.29. The molecule has 0 saturated carbocycles. The predicted octanol–water partition coefficient (Wildman–Crippen LogP) is 1.62. The Labute approximate surface area is 93.0 Å². The van der Waals surface area contributed by atoms with Crippen molar-refractivity contribution < 1.29 is 9.53 Å². The molecular formula is C11H13NO2S. The number of morpholine rings is 1. The smallest absolute Gasteiger partial charge is 0.246 e. The number of thiophene rings is 1. The van der Waals surface area contributed by atoms with Crippen LogP contribution in [-0.2, 0) is 9.53 Å². The summed E-state index contributed by atoms with van der Waals surface area (Å²) >= 11 is 1.63. The minimum atomic E-state index is 0.0756. The van der Waals surface area contributed by atoms with Gasteiger partial charge in [-0.25, -0.2) is 0 Å². The largest absolute Gasteiger partial charge is 0.378 e. The van der Waals surface area contributed by atoms with Crippen LogP contribution in [0.3, 0.4) is 0 Å². The van der Waals surface area contributed by atoms with Crippen molar-refractivity contribution in [1.82, 2.24) is 4.90 Å². The SMILES string of the molecule is O=C(/C=C/c1cccs1)N1CCOCC1. The lowest BCUT2D eigenvalue weighted by molar-refractivity contribution is -0.129. The van der Waals surface area contributed by atoms with Crippen LogP contribution >= 0.6 is 11.3 Å². The van der Waals surface area contributed by atoms with Gasteiger partial charge in [0.05, 0.1) is 13.2 Å². The van der Waals surface area contributed by atoms with Gasteiger partial charge in [-0.15, -0.1) is 11.3 Å². The molecule has 80 valence electrons. The zero-order chi connectivity index (χ0) is 10.5. The molecule has 1 fully saturated rings. The summed E-state index contributed by atoms with van der Waals surface area (Å²) in [5, 5.41) is 2.00. The standard InChI is InChI=1S/C11H13NO2S/c13-11(12-5-7-14-8-6-12)4-3-10-2-1-9-15-10/h1-4,9H,5-8H2/b4-3+. The predicted molar refractivity (Wildman–Crippen MR) is 60.8 cm³/mol. The van der Waals surface area contributed by atoms with E-state index in [-0.39, 0.29) is 5.91 Å². The Hall–Kier alpha value is -1.13. The van der Waals surface area contributed by atoms with Crippen LogP contribution in [0.5, 0.6) is 0 Å². The maximum absolute atomic E-state index is 11.7. The lowest BCUT2D eigenvalue weighted by atomic mass is 10.3. The molecule has 15 heavy (non-hydrogen) atoms. The summed E-state index contributed by atoms with van der Waals surface area (Å²) in [6.07, 6.45) is 3.50. The highest BCUT2D eigenvalue weighted by Gasteiger charge is 2.13. The molecule has 1 aromatic rings. The molecule has 2 rings (SSSR count). The maximum atomic E-state index is 11.7. The van der Waals surface area contributed by atoms with Crippen LogP contribution in [0.15, 0.2) is 23.6 Å². The summed E-state index contributed by atoms with van der Waals surface area (Å²) in [4.78, 5) is 14.6. The number of nitrogens with zero attached hydrogens (tertiary/aromatic N) is 1. The van der Waals surface area contributed by atoms with Crippen molar-refractivity contribution in [2.45, 2.75) is 0 Å². The molecule has 0 N–H and O–H groups in total. The van der Waals surface area contributed by atoms with Gasteiger partial charge in [-0.3, -0.25) is 4.79 Å². The third-order valence-electron chi connectivity index (χ3n) is 2.26. The molecule has 0 aliphatic carbocycles. The molecule has 1 aromatic heterocycles. The zero-order valence-electron chi connectivity index (χ0n) is 8.39. The summed E-state index contributed by atoms with van der Waals surface area (Å²) in [7, 11) is 0. The van der Waals surface area contributed by atoms with Gasteiger partial charge in [-0.2, -0.15) is 0 Å². The van der Waals surface area contributed by atoms with Crippen LogP contribution in [0.4, 0.5) is 0 Å². The van der Waals surface area contributed by atoms with Gasteiger partial charge in [0, 0.05) is 24.0 Å². The van der Waals surface area contributed by atoms with E-state index in [2.05, 4.69) is 0 Å². The van der Waals surface area contributed by atoms with E-state index in [0.717, 1.165) is 4.88 Å². The third-order valence-corrected chi connectivity index (χ3v) is 3.09. The maximum Gasteiger partial charge on any atom is 0.246 e. The molecule has 2 heterocycles. The Morgan fingerprint density at radius 1 is 1.47 bits per heavy atom. The lowest BCUT2D eigenvalue weighted by Gasteiger charge is -2.25. The van der Waals surface area contributed by atoms with Crippen molar-refractivity contribution in [3.05, 3.63) is 28.5 Å². The van der Waals surface area contributed by atoms with Crippen LogP contribution < -0.4 is 0 Å². The first-order valence-corrected chi connectivity index (χ1v) is 5.82. The summed E-state index contributed by atoms with van der Waals surface area (Å²) in [5.41, 5.74) is 0. The van der Waals surface area contributed by atoms with E-state index in [4.69, 9.17) is 4.74 Å². The molecule has 0 aromatic carbocycles. The van der Waals surface area contributed by atoms with Gasteiger partial charge < -0.3 is 9.64 Å². The monoisotopic (exact) mass is 223 g/mol. The number of rotatable bonds is 2. The van der Waals surface area contributed by atoms with Crippen molar-refractivity contribution in [2.24, 2.45) is 0 Å². The van der Waals surface area contributed by atoms with E-state index in [1.165, 1.54) is 0 Å². The highest BCUT2D eigenvalue weighted by Crippen LogP contribution is 2.10. The first kappa shape index (κ1) is 10.4. The fourth-order valence-corrected chi connectivity index (χ4v) is 2.05. The van der Waals surface area contributed by atoms with Crippen molar-refractivity contribution >= 4 is 23.3 Å². The van der Waals surface area contributed by atoms with E-state index in [1.807, 2.05) is 28.5 Å². The Morgan fingerprint density at radius 3 is 2.93 bits per heavy atom. The normalized spacial score (nSPS) is 17.2. The summed E-state index contributed by atoms with van der Waals surface area (Å²) in [6, 6.07) is 3.97. The quantitative estimate of drug-likeness (QED) is 0.713. The highest BCUT2D eigenvalue weighted by atomic mass is 32.1. The van der Waals surface area contributed by atoms with Crippen LogP contribution in [0, 0.1) is 0 Å². The van der Waals surface area contributed by atoms with Gasteiger partial charge in [0.25, 0.3) is 0 Å². The first-order valence-electron chi connectivity index (χ1n) is 4.94. The minimum Gasteiger partial charge on any atom is -0.378 e. The Morgan fingerprint density at radius 2 is 2.27 bits per heavy atom. The number of ether oxygens (including phenoxy) is 1. The number of hydrogen-bond donors (Lipinski definition) is 0. The Balaban J connectivity index is 1.91. The van der Waals surface area contributed by atoms with Gasteiger partial charge in [0.2, 0.25) is 5.91 Å². The van der Waals surface area contributed by atoms with Crippen molar-refractivity contribution in [3.8, 4) is 0 Å². The fourth-order valence-electron chi connectivity index (χ4n) is 1.43. The average Bonchev–Trinajstić information content (AvgIpc) is 2.80. The molecule has 1 aliphatic rings. The highest BCUT2D eigenvalue weighted by molar-refractivity contribution is 7.10. The number of hydrogen-bond acceptors (Lipinski definition) is 3. The molecule has 1 saturated heterocycles. The molecule has 1 aliphatic heterocycles. The summed E-state index contributed by atoms with van der Waals surface area (Å²) in [6.45, 7) is 2.71. The molecule has 0 atom stereocenters. The second kappa shape index (κ2) is 5.09. The van der Waals surface area contributed by atoms with Crippen LogP contribution in [0.1, 0.15) is 4.88 Å². The molecule has 1 amide bonds. The van der Waals surface area contributed by atoms with Crippen molar-refractivity contribution in [3.63, 3.8) is 0 Å². The Bertz CT molecular complexity index is 339. The van der Waals surface area contributed by atoms with Crippen molar-refractivity contribution in [2.75, 3.05) is 26.3 Å². The van der Waals surface area contributed by atoms with Crippen LogP contribution in [-0.4, -0.2) is 37.1 Å². The molecule has 4 heteroatoms. The van der Waals surface area contributed by atoms with Gasteiger partial charge >= 0.3 is 0 Å². The molecule has 0 radical (unpaired) electrons. The first-order chi connectivity index (χ1) is 7.36. The van der Waals surface area contributed by atoms with Gasteiger partial charge in [-0.05, 0) is 17.5 Å². The topological polar surface area (TPSA) is 29.5 Å². The summed E-state index contributed by atoms with van der Waals surface area (Å²) < 4.78 is 5.18. The van der Waals surface area contributed by atoms with E-state index in [0.29, 0.717) is 26.3 Å². The number of amides is 1. The Kier molecular flexibility index (Phi) is 3.53. The van der Waals surface area contributed by atoms with Crippen LogP contribution in [0.2, 0.25) is 0 Å². The molecule has 0 spiro atoms. The van der Waals surface area contributed by atoms with Gasteiger partial charge in [0.15, 0.2) is 0 Å². The molecule has 0 bridgehead atoms. The van der Waals surface area contributed by atoms with E-state index in [9.17, 15) is 4.79 Å². The molecule has 3 nitrogen and oxygen atoms in total. The number of carbonyl (C=O) groups excluding carboxylic acids is 1. The fraction of sp³-hybridized carbons (Fsp3) is 0.364. The zero-order valence-corrected chi connectivity index (χ0v) is 9.20. The minimum absolute atomic E-state index is 0.0756. The van der Waals surface area contributed by atoms with E-state index in [1.54, 1.807) is 17.4 Å². The molecular weight excluding hydrogens is 210 g/mol. The lowest BCUT2D eigenvalue weighted by Crippen LogP contribution is -2.39. The van der Waals surface area contributed by atoms with Gasteiger partial charge in [0.1, 0.15) is 0 Å². The van der Waals surface area contributed by atoms with Crippen molar-refractivity contribution in [1.29, 1.82) is 0 Å². The van der Waals surface area contributed by atoms with Crippen LogP contribution in [0.25, 0.3) is 6.08 Å².